The monoisotopic (exact) mass is 466 g/mol. The fraction of sp³-hybridized carbons (Fsp3) is 0. The molecular weight excluding hydrogens is 454 g/mol. The van der Waals surface area contributed by atoms with Crippen LogP contribution in [0.3, 0.4) is 0 Å². The molecule has 1 amide bonds. The van der Waals surface area contributed by atoms with Crippen LogP contribution in [0.5, 0.6) is 0 Å². The van der Waals surface area contributed by atoms with Gasteiger partial charge in [-0.2, -0.15) is 0 Å². The van der Waals surface area contributed by atoms with Gasteiger partial charge in [0.15, 0.2) is 11.3 Å². The van der Waals surface area contributed by atoms with Crippen LogP contribution in [0.2, 0.25) is 10.0 Å². The molecule has 0 atom stereocenters. The van der Waals surface area contributed by atoms with Crippen molar-refractivity contribution in [2.75, 3.05) is 5.32 Å². The average molecular weight is 467 g/mol. The van der Waals surface area contributed by atoms with Crippen molar-refractivity contribution in [2.45, 2.75) is 0 Å². The van der Waals surface area contributed by atoms with Crippen molar-refractivity contribution in [3.05, 3.63) is 94.4 Å². The second-order valence-corrected chi connectivity index (χ2v) is 7.69. The van der Waals surface area contributed by atoms with Gasteiger partial charge in [-0.1, -0.05) is 41.4 Å². The lowest BCUT2D eigenvalue weighted by molar-refractivity contribution is 0.0997. The highest BCUT2D eigenvalue weighted by molar-refractivity contribution is 6.43. The molecule has 0 saturated carbocycles. The van der Waals surface area contributed by atoms with Crippen molar-refractivity contribution in [3.63, 3.8) is 0 Å². The molecule has 0 saturated heterocycles. The number of fused-ring (bicyclic) bond motifs is 1. The molecule has 2 heterocycles. The van der Waals surface area contributed by atoms with Crippen molar-refractivity contribution >= 4 is 45.9 Å². The summed E-state index contributed by atoms with van der Waals surface area (Å²) in [6.45, 7) is 0. The maximum absolute atomic E-state index is 14.0. The number of carbonyl (C=O) groups excluding carboxylic acids is 1. The number of furan rings is 1. The van der Waals surface area contributed by atoms with Crippen LogP contribution in [0.1, 0.15) is 10.6 Å². The zero-order valence-electron chi connectivity index (χ0n) is 16.2. The minimum absolute atomic E-state index is 0.100. The Bertz CT molecular complexity index is 1480. The normalized spacial score (nSPS) is 11.1. The van der Waals surface area contributed by atoms with Gasteiger partial charge in [0, 0.05) is 11.3 Å². The standard InChI is InChI=1S/C24H13Cl2FN2O3/c25-16-6-3-5-15(22(16)26)19-10-11-21(31-19)23(30)28-13-8-9-20-18(12-13)29-24(32-20)14-4-1-2-7-17(14)27/h1-12H,(H,28,30). The second kappa shape index (κ2) is 8.15. The van der Waals surface area contributed by atoms with E-state index in [0.29, 0.717) is 38.2 Å². The Hall–Kier alpha value is -3.61. The number of anilines is 1. The van der Waals surface area contributed by atoms with E-state index in [2.05, 4.69) is 10.3 Å². The number of hydrogen-bond donors (Lipinski definition) is 1. The van der Waals surface area contributed by atoms with Crippen LogP contribution < -0.4 is 5.32 Å². The van der Waals surface area contributed by atoms with E-state index < -0.39 is 11.7 Å². The molecule has 5 rings (SSSR count). The summed E-state index contributed by atoms with van der Waals surface area (Å²) in [7, 11) is 0. The molecule has 3 aromatic carbocycles. The predicted molar refractivity (Wildman–Crippen MR) is 122 cm³/mol. The largest absolute Gasteiger partial charge is 0.451 e. The van der Waals surface area contributed by atoms with E-state index in [-0.39, 0.29) is 17.2 Å². The number of nitrogens with zero attached hydrogens (tertiary/aromatic N) is 1. The molecule has 0 spiro atoms. The van der Waals surface area contributed by atoms with Gasteiger partial charge in [0.1, 0.15) is 17.1 Å². The van der Waals surface area contributed by atoms with Crippen LogP contribution in [0.25, 0.3) is 33.9 Å². The maximum atomic E-state index is 14.0. The molecule has 5 aromatic rings. The maximum Gasteiger partial charge on any atom is 0.291 e. The number of amides is 1. The number of benzene rings is 3. The van der Waals surface area contributed by atoms with Gasteiger partial charge in [-0.15, -0.1) is 0 Å². The molecule has 0 aliphatic rings. The van der Waals surface area contributed by atoms with E-state index >= 15 is 0 Å². The highest BCUT2D eigenvalue weighted by Crippen LogP contribution is 2.34. The quantitative estimate of drug-likeness (QED) is 0.298. The predicted octanol–water partition coefficient (Wildman–Crippen LogP) is 7.45. The summed E-state index contributed by atoms with van der Waals surface area (Å²) in [4.78, 5) is 17.0. The molecule has 0 radical (unpaired) electrons. The van der Waals surface area contributed by atoms with Crippen molar-refractivity contribution in [1.82, 2.24) is 4.98 Å². The van der Waals surface area contributed by atoms with Gasteiger partial charge in [-0.05, 0) is 54.6 Å². The van der Waals surface area contributed by atoms with Crippen molar-refractivity contribution in [2.24, 2.45) is 0 Å². The molecule has 5 nitrogen and oxygen atoms in total. The SMILES string of the molecule is O=C(Nc1ccc2oc(-c3ccccc3F)nc2c1)c1ccc(-c2cccc(Cl)c2Cl)o1. The first-order valence-corrected chi connectivity index (χ1v) is 10.3. The van der Waals surface area contributed by atoms with Gasteiger partial charge in [-0.3, -0.25) is 4.79 Å². The zero-order chi connectivity index (χ0) is 22.2. The third-order valence-electron chi connectivity index (χ3n) is 4.80. The minimum atomic E-state index is -0.452. The molecule has 158 valence electrons. The number of rotatable bonds is 4. The van der Waals surface area contributed by atoms with Crippen molar-refractivity contribution in [3.8, 4) is 22.8 Å². The molecule has 0 aliphatic carbocycles. The van der Waals surface area contributed by atoms with Crippen LogP contribution >= 0.6 is 23.2 Å². The van der Waals surface area contributed by atoms with Crippen molar-refractivity contribution < 1.29 is 18.0 Å². The second-order valence-electron chi connectivity index (χ2n) is 6.90. The fourth-order valence-electron chi connectivity index (χ4n) is 3.25. The van der Waals surface area contributed by atoms with E-state index in [1.165, 1.54) is 6.07 Å². The zero-order valence-corrected chi connectivity index (χ0v) is 17.7. The van der Waals surface area contributed by atoms with Crippen LogP contribution in [0.4, 0.5) is 10.1 Å². The molecule has 0 aliphatic heterocycles. The van der Waals surface area contributed by atoms with E-state index in [0.717, 1.165) is 0 Å². The van der Waals surface area contributed by atoms with E-state index in [1.807, 2.05) is 0 Å². The minimum Gasteiger partial charge on any atom is -0.451 e. The average Bonchev–Trinajstić information content (AvgIpc) is 3.43. The van der Waals surface area contributed by atoms with Gasteiger partial charge in [0.25, 0.3) is 5.91 Å². The fourth-order valence-corrected chi connectivity index (χ4v) is 3.64. The number of hydrogen-bond acceptors (Lipinski definition) is 4. The summed E-state index contributed by atoms with van der Waals surface area (Å²) in [5.41, 5.74) is 2.28. The van der Waals surface area contributed by atoms with Gasteiger partial charge in [-0.25, -0.2) is 9.37 Å². The number of halogens is 3. The van der Waals surface area contributed by atoms with Crippen LogP contribution in [0.15, 0.2) is 81.6 Å². The number of oxazole rings is 1. The van der Waals surface area contributed by atoms with Gasteiger partial charge < -0.3 is 14.2 Å². The molecule has 1 N–H and O–H groups in total. The first-order chi connectivity index (χ1) is 15.5. The molecule has 0 unspecified atom stereocenters. The van der Waals surface area contributed by atoms with E-state index in [4.69, 9.17) is 32.0 Å². The van der Waals surface area contributed by atoms with Gasteiger partial charge in [0.2, 0.25) is 5.89 Å². The Morgan fingerprint density at radius 3 is 2.56 bits per heavy atom. The van der Waals surface area contributed by atoms with Crippen molar-refractivity contribution in [1.29, 1.82) is 0 Å². The molecular formula is C24H13Cl2FN2O3. The van der Waals surface area contributed by atoms with Crippen LogP contribution in [-0.2, 0) is 0 Å². The third-order valence-corrected chi connectivity index (χ3v) is 5.62. The number of aromatic nitrogens is 1. The Morgan fingerprint density at radius 2 is 1.72 bits per heavy atom. The van der Waals surface area contributed by atoms with E-state index in [1.54, 1.807) is 66.7 Å². The Labute approximate surface area is 191 Å². The van der Waals surface area contributed by atoms with E-state index in [9.17, 15) is 9.18 Å². The van der Waals surface area contributed by atoms with Crippen LogP contribution in [-0.4, -0.2) is 10.9 Å². The molecule has 2 aromatic heterocycles. The third kappa shape index (κ3) is 3.75. The summed E-state index contributed by atoms with van der Waals surface area (Å²) in [5, 5.41) is 3.49. The first kappa shape index (κ1) is 20.3. The Kier molecular flexibility index (Phi) is 5.17. The van der Waals surface area contributed by atoms with Crippen LogP contribution in [0, 0.1) is 5.82 Å². The van der Waals surface area contributed by atoms with Gasteiger partial charge in [0.05, 0.1) is 15.6 Å². The topological polar surface area (TPSA) is 68.3 Å². The van der Waals surface area contributed by atoms with Gasteiger partial charge >= 0.3 is 0 Å². The highest BCUT2D eigenvalue weighted by atomic mass is 35.5. The number of nitrogens with one attached hydrogen (secondary N) is 1. The Balaban J connectivity index is 1.39. The highest BCUT2D eigenvalue weighted by Gasteiger charge is 2.17. The lowest BCUT2D eigenvalue weighted by Crippen LogP contribution is -2.10. The smallest absolute Gasteiger partial charge is 0.291 e. The summed E-state index contributed by atoms with van der Waals surface area (Å²) in [6, 6.07) is 19.5. The summed E-state index contributed by atoms with van der Waals surface area (Å²) < 4.78 is 25.3. The lowest BCUT2D eigenvalue weighted by atomic mass is 10.2. The lowest BCUT2D eigenvalue weighted by Gasteiger charge is -2.04. The molecule has 8 heteroatoms. The summed E-state index contributed by atoms with van der Waals surface area (Å²) in [5.74, 6) is -0.198. The molecule has 32 heavy (non-hydrogen) atoms. The first-order valence-electron chi connectivity index (χ1n) is 9.50. The summed E-state index contributed by atoms with van der Waals surface area (Å²) >= 11 is 12.3. The Morgan fingerprint density at radius 1 is 0.906 bits per heavy atom. The summed E-state index contributed by atoms with van der Waals surface area (Å²) in [6.07, 6.45) is 0. The molecule has 0 bridgehead atoms. The molecule has 0 fully saturated rings. The number of carbonyl (C=O) groups is 1.